The van der Waals surface area contributed by atoms with Crippen LogP contribution in [-0.2, 0) is 12.8 Å². The number of hydrogen-bond acceptors (Lipinski definition) is 3. The van der Waals surface area contributed by atoms with Crippen LogP contribution in [0.4, 0.5) is 0 Å². The fourth-order valence-electron chi connectivity index (χ4n) is 3.02. The van der Waals surface area contributed by atoms with Crippen LogP contribution in [0.15, 0.2) is 53.6 Å². The maximum absolute atomic E-state index is 12.4. The highest BCUT2D eigenvalue weighted by molar-refractivity contribution is 6.30. The Bertz CT molecular complexity index is 960. The molecule has 1 aliphatic rings. The first-order valence-electron chi connectivity index (χ1n) is 7.97. The van der Waals surface area contributed by atoms with E-state index in [1.54, 1.807) is 18.3 Å². The Labute approximate surface area is 149 Å². The molecular weight excluding hydrogens is 336 g/mol. The topological polar surface area (TPSA) is 70.1 Å². The molecule has 3 aromatic rings. The van der Waals surface area contributed by atoms with Crippen molar-refractivity contribution in [1.82, 2.24) is 15.6 Å². The summed E-state index contributed by atoms with van der Waals surface area (Å²) in [6.07, 6.45) is 3.26. The number of halogens is 1. The Balaban J connectivity index is 1.53. The van der Waals surface area contributed by atoms with Gasteiger partial charge < -0.3 is 0 Å². The second-order valence-electron chi connectivity index (χ2n) is 5.83. The molecule has 1 amide bonds. The Morgan fingerprint density at radius 2 is 1.96 bits per heavy atom. The number of carbonyl (C=O) groups excluding carboxylic acids is 1. The lowest BCUT2D eigenvalue weighted by atomic mass is 9.89. The van der Waals surface area contributed by atoms with Crippen molar-refractivity contribution < 1.29 is 4.79 Å². The van der Waals surface area contributed by atoms with Crippen LogP contribution in [0.3, 0.4) is 0 Å². The molecule has 0 spiro atoms. The number of amides is 1. The van der Waals surface area contributed by atoms with Crippen molar-refractivity contribution >= 4 is 23.7 Å². The lowest BCUT2D eigenvalue weighted by molar-refractivity contribution is 0.0949. The van der Waals surface area contributed by atoms with E-state index in [-0.39, 0.29) is 5.91 Å². The first-order chi connectivity index (χ1) is 12.2. The molecular formula is C19H15ClN4O. The Morgan fingerprint density at radius 3 is 2.80 bits per heavy atom. The number of aryl methyl sites for hydroxylation is 1. The fourth-order valence-corrected chi connectivity index (χ4v) is 3.14. The molecule has 25 heavy (non-hydrogen) atoms. The van der Waals surface area contributed by atoms with Crippen LogP contribution < -0.4 is 5.43 Å². The zero-order valence-corrected chi connectivity index (χ0v) is 14.0. The molecule has 0 saturated heterocycles. The van der Waals surface area contributed by atoms with Gasteiger partial charge in [0.15, 0.2) is 0 Å². The van der Waals surface area contributed by atoms with Crippen LogP contribution in [0.2, 0.25) is 5.02 Å². The van der Waals surface area contributed by atoms with Gasteiger partial charge in [-0.3, -0.25) is 9.89 Å². The van der Waals surface area contributed by atoms with Crippen molar-refractivity contribution in [3.63, 3.8) is 0 Å². The predicted molar refractivity (Wildman–Crippen MR) is 97.9 cm³/mol. The minimum atomic E-state index is -0.293. The normalized spacial score (nSPS) is 12.7. The number of aromatic nitrogens is 2. The Morgan fingerprint density at radius 1 is 1.16 bits per heavy atom. The highest BCUT2D eigenvalue weighted by Gasteiger charge is 2.24. The van der Waals surface area contributed by atoms with Crippen molar-refractivity contribution in [2.24, 2.45) is 5.10 Å². The molecule has 6 heteroatoms. The number of H-pyrrole nitrogens is 1. The summed E-state index contributed by atoms with van der Waals surface area (Å²) in [4.78, 5) is 12.4. The van der Waals surface area contributed by atoms with E-state index < -0.39 is 0 Å². The molecule has 1 aliphatic carbocycles. The molecule has 5 nitrogen and oxygen atoms in total. The molecule has 0 radical (unpaired) electrons. The van der Waals surface area contributed by atoms with Crippen molar-refractivity contribution in [2.45, 2.75) is 12.8 Å². The first kappa shape index (κ1) is 15.6. The van der Waals surface area contributed by atoms with E-state index in [1.165, 1.54) is 5.56 Å². The SMILES string of the molecule is O=C(NN=Cc1ccc(Cl)cc1)c1[nH]nc2c1CCc1ccccc1-2. The van der Waals surface area contributed by atoms with Gasteiger partial charge in [0.1, 0.15) is 5.69 Å². The van der Waals surface area contributed by atoms with Gasteiger partial charge >= 0.3 is 0 Å². The van der Waals surface area contributed by atoms with E-state index in [9.17, 15) is 4.79 Å². The van der Waals surface area contributed by atoms with E-state index in [1.807, 2.05) is 30.3 Å². The van der Waals surface area contributed by atoms with Crippen molar-refractivity contribution in [2.75, 3.05) is 0 Å². The maximum atomic E-state index is 12.4. The summed E-state index contributed by atoms with van der Waals surface area (Å²) in [6, 6.07) is 15.3. The Hall–Kier alpha value is -2.92. The third-order valence-electron chi connectivity index (χ3n) is 4.26. The van der Waals surface area contributed by atoms with Crippen LogP contribution in [0.1, 0.15) is 27.2 Å². The average molecular weight is 351 g/mol. The van der Waals surface area contributed by atoms with Crippen LogP contribution in [0.5, 0.6) is 0 Å². The van der Waals surface area contributed by atoms with Gasteiger partial charge in [-0.15, -0.1) is 0 Å². The van der Waals surface area contributed by atoms with Crippen molar-refractivity contribution in [3.8, 4) is 11.3 Å². The largest absolute Gasteiger partial charge is 0.289 e. The van der Waals surface area contributed by atoms with Gasteiger partial charge in [0.2, 0.25) is 0 Å². The average Bonchev–Trinajstić information content (AvgIpc) is 3.08. The summed E-state index contributed by atoms with van der Waals surface area (Å²) in [5, 5.41) is 11.9. The molecule has 0 atom stereocenters. The predicted octanol–water partition coefficient (Wildman–Crippen LogP) is 3.59. The molecule has 0 fully saturated rings. The number of rotatable bonds is 3. The fraction of sp³-hybridized carbons (Fsp3) is 0.105. The number of carbonyl (C=O) groups is 1. The van der Waals surface area contributed by atoms with E-state index in [2.05, 4.69) is 26.8 Å². The van der Waals surface area contributed by atoms with Crippen molar-refractivity contribution in [1.29, 1.82) is 0 Å². The number of benzene rings is 2. The second-order valence-corrected chi connectivity index (χ2v) is 6.27. The second kappa shape index (κ2) is 6.53. The lowest BCUT2D eigenvalue weighted by Crippen LogP contribution is -2.20. The van der Waals surface area contributed by atoms with E-state index in [0.29, 0.717) is 10.7 Å². The molecule has 0 aliphatic heterocycles. The molecule has 1 heterocycles. The summed E-state index contributed by atoms with van der Waals surface area (Å²) >= 11 is 5.84. The van der Waals surface area contributed by atoms with E-state index in [0.717, 1.165) is 35.2 Å². The van der Waals surface area contributed by atoms with Crippen LogP contribution in [0, 0.1) is 0 Å². The van der Waals surface area contributed by atoms with Crippen molar-refractivity contribution in [3.05, 3.63) is 75.9 Å². The number of nitrogens with zero attached hydrogens (tertiary/aromatic N) is 2. The van der Waals surface area contributed by atoms with Gasteiger partial charge in [-0.25, -0.2) is 5.43 Å². The number of aromatic amines is 1. The van der Waals surface area contributed by atoms with Crippen LogP contribution >= 0.6 is 11.6 Å². The zero-order valence-electron chi connectivity index (χ0n) is 13.3. The molecule has 124 valence electrons. The molecule has 4 rings (SSSR count). The molecule has 2 N–H and O–H groups in total. The maximum Gasteiger partial charge on any atom is 0.289 e. The summed E-state index contributed by atoms with van der Waals surface area (Å²) in [5.41, 5.74) is 8.01. The molecule has 0 saturated carbocycles. The van der Waals surface area contributed by atoms with Crippen LogP contribution in [0.25, 0.3) is 11.3 Å². The zero-order chi connectivity index (χ0) is 17.2. The highest BCUT2D eigenvalue weighted by atomic mass is 35.5. The van der Waals surface area contributed by atoms with E-state index in [4.69, 9.17) is 11.6 Å². The molecule has 0 bridgehead atoms. The van der Waals surface area contributed by atoms with Gasteiger partial charge in [-0.05, 0) is 36.1 Å². The molecule has 2 aromatic carbocycles. The minimum absolute atomic E-state index is 0.293. The smallest absolute Gasteiger partial charge is 0.272 e. The van der Waals surface area contributed by atoms with Gasteiger partial charge in [0, 0.05) is 16.1 Å². The first-order valence-corrected chi connectivity index (χ1v) is 8.34. The lowest BCUT2D eigenvalue weighted by Gasteiger charge is -2.15. The van der Waals surface area contributed by atoms with Gasteiger partial charge in [0.25, 0.3) is 5.91 Å². The van der Waals surface area contributed by atoms with Gasteiger partial charge in [0.05, 0.1) is 11.9 Å². The molecule has 1 aromatic heterocycles. The number of nitrogens with one attached hydrogen (secondary N) is 2. The monoisotopic (exact) mass is 350 g/mol. The highest BCUT2D eigenvalue weighted by Crippen LogP contribution is 2.33. The van der Waals surface area contributed by atoms with E-state index >= 15 is 0 Å². The number of hydrogen-bond donors (Lipinski definition) is 2. The van der Waals surface area contributed by atoms with Gasteiger partial charge in [-0.2, -0.15) is 10.2 Å². The summed E-state index contributed by atoms with van der Waals surface area (Å²) in [7, 11) is 0. The summed E-state index contributed by atoms with van der Waals surface area (Å²) < 4.78 is 0. The van der Waals surface area contributed by atoms with Crippen LogP contribution in [-0.4, -0.2) is 22.3 Å². The summed E-state index contributed by atoms with van der Waals surface area (Å²) in [6.45, 7) is 0. The minimum Gasteiger partial charge on any atom is -0.272 e. The third-order valence-corrected chi connectivity index (χ3v) is 4.51. The number of hydrazone groups is 1. The molecule has 0 unspecified atom stereocenters. The Kier molecular flexibility index (Phi) is 4.07. The standard InChI is InChI=1S/C19H15ClN4O/c20-14-8-5-12(6-9-14)11-21-24-19(25)18-16-10-7-13-3-1-2-4-15(13)17(16)22-23-18/h1-6,8-9,11H,7,10H2,(H,22,23)(H,24,25). The van der Waals surface area contributed by atoms with Gasteiger partial charge in [-0.1, -0.05) is 48.0 Å². The number of fused-ring (bicyclic) bond motifs is 3. The summed E-state index contributed by atoms with van der Waals surface area (Å²) in [5.74, 6) is -0.293. The third kappa shape index (κ3) is 3.06. The quantitative estimate of drug-likeness (QED) is 0.559.